The van der Waals surface area contributed by atoms with Crippen molar-refractivity contribution in [2.45, 2.75) is 32.1 Å². The van der Waals surface area contributed by atoms with Crippen LogP contribution in [0.1, 0.15) is 46.7 Å². The average molecular weight is 348 g/mol. The lowest BCUT2D eigenvalue weighted by atomic mass is 10.1. The molecule has 1 aliphatic heterocycles. The molecule has 1 saturated carbocycles. The Labute approximate surface area is 154 Å². The first kappa shape index (κ1) is 16.8. The first-order chi connectivity index (χ1) is 12.6. The van der Waals surface area contributed by atoms with E-state index in [1.165, 1.54) is 5.56 Å². The molecule has 26 heavy (non-hydrogen) atoms. The molecule has 0 aromatic heterocycles. The first-order valence-electron chi connectivity index (χ1n) is 9.39. The smallest absolute Gasteiger partial charge is 0.253 e. The van der Waals surface area contributed by atoms with Gasteiger partial charge in [0.2, 0.25) is 5.91 Å². The van der Waals surface area contributed by atoms with E-state index in [0.717, 1.165) is 43.6 Å². The number of carbonyl (C=O) groups excluding carboxylic acids is 2. The van der Waals surface area contributed by atoms with Crippen LogP contribution >= 0.6 is 0 Å². The van der Waals surface area contributed by atoms with E-state index in [1.54, 1.807) is 0 Å². The van der Waals surface area contributed by atoms with E-state index in [-0.39, 0.29) is 17.7 Å². The highest BCUT2D eigenvalue weighted by molar-refractivity contribution is 5.98. The van der Waals surface area contributed by atoms with Gasteiger partial charge >= 0.3 is 0 Å². The molecule has 2 aromatic carbocycles. The van der Waals surface area contributed by atoms with Crippen molar-refractivity contribution < 1.29 is 9.59 Å². The highest BCUT2D eigenvalue weighted by Crippen LogP contribution is 2.47. The molecule has 1 saturated heterocycles. The van der Waals surface area contributed by atoms with E-state index in [1.807, 2.05) is 48.2 Å². The number of aryl methyl sites for hydroxylation is 1. The summed E-state index contributed by atoms with van der Waals surface area (Å²) in [7, 11) is 0. The van der Waals surface area contributed by atoms with Crippen molar-refractivity contribution in [1.29, 1.82) is 0 Å². The summed E-state index contributed by atoms with van der Waals surface area (Å²) in [6, 6.07) is 15.8. The molecule has 1 aliphatic carbocycles. The van der Waals surface area contributed by atoms with Crippen LogP contribution < -0.4 is 5.32 Å². The molecule has 0 bridgehead atoms. The van der Waals surface area contributed by atoms with Crippen LogP contribution in [0.2, 0.25) is 0 Å². The van der Waals surface area contributed by atoms with Crippen LogP contribution in [0, 0.1) is 12.8 Å². The number of hydrogen-bond donors (Lipinski definition) is 1. The average Bonchev–Trinajstić information content (AvgIpc) is 3.29. The summed E-state index contributed by atoms with van der Waals surface area (Å²) in [5, 5.41) is 3.04. The minimum Gasteiger partial charge on any atom is -0.339 e. The summed E-state index contributed by atoms with van der Waals surface area (Å²) in [5.41, 5.74) is 3.67. The van der Waals surface area contributed by atoms with Gasteiger partial charge in [-0.05, 0) is 61.4 Å². The Morgan fingerprint density at radius 3 is 2.46 bits per heavy atom. The summed E-state index contributed by atoms with van der Waals surface area (Å²) in [6.45, 7) is 3.63. The predicted octanol–water partition coefficient (Wildman–Crippen LogP) is 3.97. The standard InChI is InChI=1S/C22H24N2O2/c1-15-13-17(22(26)24-11-5-6-12-24)9-10-20(15)23-21(25)19-14-18(19)16-7-3-2-4-8-16/h2-4,7-10,13,18-19H,5-6,11-12,14H2,1H3,(H,23,25)/t18-,19+/m0/s1. The Balaban J connectivity index is 1.41. The zero-order valence-electron chi connectivity index (χ0n) is 15.1. The summed E-state index contributed by atoms with van der Waals surface area (Å²) in [5.74, 6) is 0.533. The van der Waals surface area contributed by atoms with Crippen molar-refractivity contribution in [1.82, 2.24) is 4.90 Å². The fraction of sp³-hybridized carbons (Fsp3) is 0.364. The molecule has 2 amide bonds. The van der Waals surface area contributed by atoms with Crippen LogP contribution in [0.25, 0.3) is 0 Å². The van der Waals surface area contributed by atoms with Gasteiger partial charge in [0.1, 0.15) is 0 Å². The molecule has 1 heterocycles. The van der Waals surface area contributed by atoms with E-state index in [2.05, 4.69) is 17.4 Å². The molecule has 0 unspecified atom stereocenters. The number of amides is 2. The number of likely N-dealkylation sites (tertiary alicyclic amines) is 1. The number of nitrogens with zero attached hydrogens (tertiary/aromatic N) is 1. The molecular formula is C22H24N2O2. The lowest BCUT2D eigenvalue weighted by Crippen LogP contribution is -2.27. The Kier molecular flexibility index (Phi) is 4.49. The molecule has 4 rings (SSSR count). The molecule has 0 radical (unpaired) electrons. The van der Waals surface area contributed by atoms with Gasteiger partial charge in [0.15, 0.2) is 0 Å². The van der Waals surface area contributed by atoms with E-state index in [4.69, 9.17) is 0 Å². The lowest BCUT2D eigenvalue weighted by molar-refractivity contribution is -0.117. The van der Waals surface area contributed by atoms with Gasteiger partial charge in [-0.15, -0.1) is 0 Å². The van der Waals surface area contributed by atoms with Crippen LogP contribution in [0.15, 0.2) is 48.5 Å². The monoisotopic (exact) mass is 348 g/mol. The van der Waals surface area contributed by atoms with Gasteiger partial charge in [-0.3, -0.25) is 9.59 Å². The fourth-order valence-electron chi connectivity index (χ4n) is 3.82. The quantitative estimate of drug-likeness (QED) is 0.909. The Hall–Kier alpha value is -2.62. The number of anilines is 1. The Bertz CT molecular complexity index is 825. The fourth-order valence-corrected chi connectivity index (χ4v) is 3.82. The normalized spacial score (nSPS) is 21.5. The second kappa shape index (κ2) is 6.94. The molecule has 2 aliphatic rings. The maximum Gasteiger partial charge on any atom is 0.253 e. The summed E-state index contributed by atoms with van der Waals surface area (Å²) < 4.78 is 0. The zero-order chi connectivity index (χ0) is 18.1. The molecule has 1 N–H and O–H groups in total. The van der Waals surface area contributed by atoms with Gasteiger partial charge < -0.3 is 10.2 Å². The second-order valence-corrected chi connectivity index (χ2v) is 7.38. The van der Waals surface area contributed by atoms with Gasteiger partial charge in [-0.25, -0.2) is 0 Å². The number of hydrogen-bond acceptors (Lipinski definition) is 2. The Morgan fingerprint density at radius 2 is 1.77 bits per heavy atom. The molecule has 2 fully saturated rings. The van der Waals surface area contributed by atoms with Gasteiger partial charge in [-0.2, -0.15) is 0 Å². The molecule has 4 heteroatoms. The van der Waals surface area contributed by atoms with Crippen molar-refractivity contribution in [3.63, 3.8) is 0 Å². The van der Waals surface area contributed by atoms with Crippen LogP contribution in [0.4, 0.5) is 5.69 Å². The Morgan fingerprint density at radius 1 is 1.04 bits per heavy atom. The molecule has 2 atom stereocenters. The third kappa shape index (κ3) is 3.36. The molecule has 0 spiro atoms. The number of carbonyl (C=O) groups is 2. The SMILES string of the molecule is Cc1cc(C(=O)N2CCCC2)ccc1NC(=O)[C@@H]1C[C@H]1c1ccccc1. The molecule has 2 aromatic rings. The van der Waals surface area contributed by atoms with E-state index < -0.39 is 0 Å². The summed E-state index contributed by atoms with van der Waals surface area (Å²) in [4.78, 5) is 26.9. The zero-order valence-corrected chi connectivity index (χ0v) is 15.1. The topological polar surface area (TPSA) is 49.4 Å². The van der Waals surface area contributed by atoms with E-state index >= 15 is 0 Å². The molecule has 4 nitrogen and oxygen atoms in total. The highest BCUT2D eigenvalue weighted by Gasteiger charge is 2.43. The van der Waals surface area contributed by atoms with Crippen LogP contribution in [-0.4, -0.2) is 29.8 Å². The van der Waals surface area contributed by atoms with Crippen molar-refractivity contribution in [2.75, 3.05) is 18.4 Å². The molecule has 134 valence electrons. The van der Waals surface area contributed by atoms with E-state index in [9.17, 15) is 9.59 Å². The van der Waals surface area contributed by atoms with Gasteiger partial charge in [0.05, 0.1) is 0 Å². The van der Waals surface area contributed by atoms with Gasteiger partial charge in [0.25, 0.3) is 5.91 Å². The predicted molar refractivity (Wildman–Crippen MR) is 102 cm³/mol. The number of benzene rings is 2. The minimum atomic E-state index is 0.0442. The van der Waals surface area contributed by atoms with Crippen molar-refractivity contribution >= 4 is 17.5 Å². The van der Waals surface area contributed by atoms with Gasteiger partial charge in [-0.1, -0.05) is 30.3 Å². The van der Waals surface area contributed by atoms with Gasteiger partial charge in [0, 0.05) is 30.3 Å². The maximum absolute atomic E-state index is 12.6. The van der Waals surface area contributed by atoms with Crippen LogP contribution in [0.5, 0.6) is 0 Å². The number of nitrogens with one attached hydrogen (secondary N) is 1. The van der Waals surface area contributed by atoms with Crippen LogP contribution in [0.3, 0.4) is 0 Å². The summed E-state index contributed by atoms with van der Waals surface area (Å²) in [6.07, 6.45) is 3.08. The van der Waals surface area contributed by atoms with Crippen molar-refractivity contribution in [3.8, 4) is 0 Å². The third-order valence-corrected chi connectivity index (χ3v) is 5.48. The number of rotatable bonds is 4. The highest BCUT2D eigenvalue weighted by atomic mass is 16.2. The molecular weight excluding hydrogens is 324 g/mol. The van der Waals surface area contributed by atoms with Crippen LogP contribution in [-0.2, 0) is 4.79 Å². The van der Waals surface area contributed by atoms with Crippen molar-refractivity contribution in [3.05, 3.63) is 65.2 Å². The van der Waals surface area contributed by atoms with Crippen molar-refractivity contribution in [2.24, 2.45) is 5.92 Å². The minimum absolute atomic E-state index is 0.0442. The summed E-state index contributed by atoms with van der Waals surface area (Å²) >= 11 is 0. The largest absolute Gasteiger partial charge is 0.339 e. The maximum atomic E-state index is 12.6. The third-order valence-electron chi connectivity index (χ3n) is 5.48. The first-order valence-corrected chi connectivity index (χ1v) is 9.39. The van der Waals surface area contributed by atoms with E-state index in [0.29, 0.717) is 11.5 Å². The lowest BCUT2D eigenvalue weighted by Gasteiger charge is -2.16. The second-order valence-electron chi connectivity index (χ2n) is 7.38.